The number of rotatable bonds is 0. The van der Waals surface area contributed by atoms with Gasteiger partial charge in [0.05, 0.1) is 14.1 Å². The monoisotopic (exact) mass is 232 g/mol. The molecule has 0 spiro atoms. The topological polar surface area (TPSA) is 0 Å². The largest absolute Gasteiger partial charge is 0.321 e. The fourth-order valence-electron chi connectivity index (χ4n) is 2.65. The van der Waals surface area contributed by atoms with Gasteiger partial charge in [0.1, 0.15) is 13.1 Å². The van der Waals surface area contributed by atoms with E-state index in [-0.39, 0.29) is 0 Å². The molecule has 2 aromatic carbocycles. The van der Waals surface area contributed by atoms with Crippen LogP contribution in [-0.4, -0.2) is 18.6 Å². The smallest absolute Gasteiger partial charge is 0.105 e. The summed E-state index contributed by atoms with van der Waals surface area (Å²) >= 11 is 6.22. The molecule has 0 radical (unpaired) electrons. The first kappa shape index (κ1) is 10.1. The van der Waals surface area contributed by atoms with Gasteiger partial charge in [0, 0.05) is 21.5 Å². The van der Waals surface area contributed by atoms with Gasteiger partial charge in [0.2, 0.25) is 0 Å². The molecule has 2 aromatic rings. The van der Waals surface area contributed by atoms with E-state index in [2.05, 4.69) is 32.3 Å². The van der Waals surface area contributed by atoms with E-state index in [0.717, 1.165) is 22.6 Å². The van der Waals surface area contributed by atoms with Crippen LogP contribution < -0.4 is 0 Å². The average molecular weight is 233 g/mol. The van der Waals surface area contributed by atoms with Gasteiger partial charge in [0.25, 0.3) is 0 Å². The van der Waals surface area contributed by atoms with E-state index in [4.69, 9.17) is 11.6 Å². The van der Waals surface area contributed by atoms with Gasteiger partial charge in [-0.25, -0.2) is 0 Å². The summed E-state index contributed by atoms with van der Waals surface area (Å²) < 4.78 is 1.04. The molecule has 16 heavy (non-hydrogen) atoms. The second-order valence-electron chi connectivity index (χ2n) is 5.33. The number of quaternary nitrogens is 1. The molecule has 0 aromatic heterocycles. The Hall–Kier alpha value is -1.05. The first-order valence-electron chi connectivity index (χ1n) is 5.57. The quantitative estimate of drug-likeness (QED) is 0.609. The van der Waals surface area contributed by atoms with Crippen LogP contribution in [0.2, 0.25) is 5.02 Å². The average Bonchev–Trinajstić information content (AvgIpc) is 2.48. The van der Waals surface area contributed by atoms with Crippen molar-refractivity contribution in [1.29, 1.82) is 0 Å². The number of fused-ring (bicyclic) bond motifs is 2. The Bertz CT molecular complexity index is 572. The summed E-state index contributed by atoms with van der Waals surface area (Å²) in [5, 5.41) is 3.30. The molecular weight excluding hydrogens is 218 g/mol. The summed E-state index contributed by atoms with van der Waals surface area (Å²) in [7, 11) is 4.54. The Morgan fingerprint density at radius 1 is 1.06 bits per heavy atom. The zero-order valence-corrected chi connectivity index (χ0v) is 10.4. The van der Waals surface area contributed by atoms with Gasteiger partial charge >= 0.3 is 0 Å². The van der Waals surface area contributed by atoms with Crippen LogP contribution in [0.4, 0.5) is 0 Å². The van der Waals surface area contributed by atoms with Crippen molar-refractivity contribution in [1.82, 2.24) is 0 Å². The lowest BCUT2D eigenvalue weighted by Gasteiger charge is -2.22. The van der Waals surface area contributed by atoms with E-state index in [0.29, 0.717) is 0 Å². The van der Waals surface area contributed by atoms with Crippen LogP contribution in [-0.2, 0) is 13.1 Å². The molecule has 0 bridgehead atoms. The number of hydrogen-bond acceptors (Lipinski definition) is 0. The molecule has 0 amide bonds. The van der Waals surface area contributed by atoms with Crippen LogP contribution in [0, 0.1) is 0 Å². The predicted molar refractivity (Wildman–Crippen MR) is 68.5 cm³/mol. The van der Waals surface area contributed by atoms with Crippen molar-refractivity contribution >= 4 is 22.4 Å². The molecule has 0 atom stereocenters. The maximum atomic E-state index is 6.22. The molecule has 1 aliphatic heterocycles. The molecule has 1 heterocycles. The summed E-state index contributed by atoms with van der Waals surface area (Å²) in [4.78, 5) is 0. The van der Waals surface area contributed by atoms with Crippen molar-refractivity contribution in [3.63, 3.8) is 0 Å². The Labute approximate surface area is 101 Å². The summed E-state index contributed by atoms with van der Waals surface area (Å²) in [6.45, 7) is 2.23. The summed E-state index contributed by atoms with van der Waals surface area (Å²) in [5.74, 6) is 0. The maximum Gasteiger partial charge on any atom is 0.105 e. The van der Waals surface area contributed by atoms with Crippen molar-refractivity contribution in [2.75, 3.05) is 14.1 Å². The van der Waals surface area contributed by atoms with Crippen molar-refractivity contribution in [2.45, 2.75) is 13.1 Å². The Morgan fingerprint density at radius 3 is 2.50 bits per heavy atom. The molecule has 0 saturated heterocycles. The van der Waals surface area contributed by atoms with Crippen LogP contribution in [0.5, 0.6) is 0 Å². The summed E-state index contributed by atoms with van der Waals surface area (Å²) in [6.07, 6.45) is 0. The highest BCUT2D eigenvalue weighted by Crippen LogP contribution is 2.33. The summed E-state index contributed by atoms with van der Waals surface area (Å²) in [5.41, 5.74) is 2.92. The molecule has 2 heteroatoms. The van der Waals surface area contributed by atoms with Crippen molar-refractivity contribution in [2.24, 2.45) is 0 Å². The maximum absolute atomic E-state index is 6.22. The minimum Gasteiger partial charge on any atom is -0.321 e. The molecule has 0 fully saturated rings. The van der Waals surface area contributed by atoms with Crippen LogP contribution in [0.25, 0.3) is 10.8 Å². The standard InChI is InChI=1S/C14H15ClN/c1-16(2)8-11-6-10-4-3-5-14(15)13(10)7-12(11)9-16/h3-7H,8-9H2,1-2H3/q+1. The molecule has 1 aliphatic rings. The normalized spacial score (nSPS) is 17.7. The zero-order chi connectivity index (χ0) is 11.3. The van der Waals surface area contributed by atoms with Crippen LogP contribution in [0.15, 0.2) is 30.3 Å². The highest BCUT2D eigenvalue weighted by atomic mass is 35.5. The van der Waals surface area contributed by atoms with Gasteiger partial charge in [-0.05, 0) is 23.6 Å². The fourth-order valence-corrected chi connectivity index (χ4v) is 2.89. The Kier molecular flexibility index (Phi) is 2.04. The van der Waals surface area contributed by atoms with Crippen molar-refractivity contribution < 1.29 is 4.48 Å². The molecule has 0 unspecified atom stereocenters. The molecule has 0 N–H and O–H groups in total. The van der Waals surface area contributed by atoms with Gasteiger partial charge < -0.3 is 4.48 Å². The van der Waals surface area contributed by atoms with Gasteiger partial charge in [-0.1, -0.05) is 23.7 Å². The van der Waals surface area contributed by atoms with Gasteiger partial charge in [-0.15, -0.1) is 0 Å². The third kappa shape index (κ3) is 1.51. The van der Waals surface area contributed by atoms with Crippen LogP contribution >= 0.6 is 11.6 Å². The number of hydrogen-bond donors (Lipinski definition) is 0. The summed E-state index contributed by atoms with van der Waals surface area (Å²) in [6, 6.07) is 10.7. The van der Waals surface area contributed by atoms with Gasteiger partial charge in [-0.3, -0.25) is 0 Å². The third-order valence-electron chi connectivity index (χ3n) is 3.34. The molecule has 3 rings (SSSR count). The minimum atomic E-state index is 0.859. The van der Waals surface area contributed by atoms with E-state index in [9.17, 15) is 0 Å². The number of benzene rings is 2. The molecular formula is C14H15ClN+. The van der Waals surface area contributed by atoms with Crippen molar-refractivity contribution in [3.05, 3.63) is 46.5 Å². The molecule has 0 saturated carbocycles. The second kappa shape index (κ2) is 3.22. The van der Waals surface area contributed by atoms with Crippen LogP contribution in [0.3, 0.4) is 0 Å². The van der Waals surface area contributed by atoms with E-state index in [1.807, 2.05) is 12.1 Å². The van der Waals surface area contributed by atoms with E-state index >= 15 is 0 Å². The first-order chi connectivity index (χ1) is 7.55. The van der Waals surface area contributed by atoms with E-state index in [1.165, 1.54) is 21.9 Å². The second-order valence-corrected chi connectivity index (χ2v) is 5.74. The minimum absolute atomic E-state index is 0.859. The fraction of sp³-hybridized carbons (Fsp3) is 0.286. The highest BCUT2D eigenvalue weighted by Gasteiger charge is 2.27. The lowest BCUT2D eigenvalue weighted by molar-refractivity contribution is -0.910. The molecule has 1 nitrogen and oxygen atoms in total. The van der Waals surface area contributed by atoms with Gasteiger partial charge in [0.15, 0.2) is 0 Å². The molecule has 0 aliphatic carbocycles. The SMILES string of the molecule is C[N+]1(C)Cc2cc3cccc(Cl)c3cc2C1. The van der Waals surface area contributed by atoms with E-state index < -0.39 is 0 Å². The van der Waals surface area contributed by atoms with Crippen LogP contribution in [0.1, 0.15) is 11.1 Å². The number of nitrogens with zero attached hydrogens (tertiary/aromatic N) is 1. The lowest BCUT2D eigenvalue weighted by atomic mass is 10.0. The Balaban J connectivity index is 2.26. The predicted octanol–water partition coefficient (Wildman–Crippen LogP) is 3.58. The zero-order valence-electron chi connectivity index (χ0n) is 9.63. The van der Waals surface area contributed by atoms with Gasteiger partial charge in [-0.2, -0.15) is 0 Å². The first-order valence-corrected chi connectivity index (χ1v) is 5.95. The Morgan fingerprint density at radius 2 is 1.75 bits per heavy atom. The highest BCUT2D eigenvalue weighted by molar-refractivity contribution is 6.35. The lowest BCUT2D eigenvalue weighted by Crippen LogP contribution is -2.32. The van der Waals surface area contributed by atoms with E-state index in [1.54, 1.807) is 0 Å². The third-order valence-corrected chi connectivity index (χ3v) is 3.67. The van der Waals surface area contributed by atoms with Crippen molar-refractivity contribution in [3.8, 4) is 0 Å². The molecule has 82 valence electrons. The number of halogens is 1.